The predicted molar refractivity (Wildman–Crippen MR) is 66.1 cm³/mol. The summed E-state index contributed by atoms with van der Waals surface area (Å²) in [4.78, 5) is 10.9. The van der Waals surface area contributed by atoms with Crippen LogP contribution >= 0.6 is 12.2 Å². The van der Waals surface area contributed by atoms with Crippen molar-refractivity contribution in [1.29, 1.82) is 0 Å². The lowest BCUT2D eigenvalue weighted by Crippen LogP contribution is -2.32. The number of nitrogens with two attached hydrogens (primary N) is 1. The molecule has 1 aromatic rings. The van der Waals surface area contributed by atoms with Gasteiger partial charge in [0.2, 0.25) is 5.95 Å². The van der Waals surface area contributed by atoms with Crippen LogP contribution in [0.2, 0.25) is 0 Å². The van der Waals surface area contributed by atoms with E-state index in [0.717, 1.165) is 6.54 Å². The fourth-order valence-electron chi connectivity index (χ4n) is 1.36. The molecule has 1 rings (SSSR count). The van der Waals surface area contributed by atoms with E-state index < -0.39 is 0 Å². The lowest BCUT2D eigenvalue weighted by atomic mass is 10.3. The zero-order valence-electron chi connectivity index (χ0n) is 9.27. The fourth-order valence-corrected chi connectivity index (χ4v) is 1.48. The molecule has 4 nitrogen and oxygen atoms in total. The summed E-state index contributed by atoms with van der Waals surface area (Å²) in [5.41, 5.74) is 6.14. The van der Waals surface area contributed by atoms with E-state index in [1.807, 2.05) is 0 Å². The molecule has 0 bridgehead atoms. The minimum atomic E-state index is 0.304. The van der Waals surface area contributed by atoms with E-state index in [4.69, 9.17) is 18.0 Å². The second-order valence-corrected chi connectivity index (χ2v) is 3.93. The Labute approximate surface area is 95.5 Å². The number of hydrogen-bond acceptors (Lipinski definition) is 4. The minimum Gasteiger partial charge on any atom is -0.388 e. The highest BCUT2D eigenvalue weighted by atomic mass is 32.1. The van der Waals surface area contributed by atoms with Gasteiger partial charge < -0.3 is 10.6 Å². The standard InChI is InChI=1S/C10H16N4S/c1-4-14(7(2)3)10-12-6-5-8(13-10)9(11)15/h5-7H,4H2,1-3H3,(H2,11,15). The summed E-state index contributed by atoms with van der Waals surface area (Å²) < 4.78 is 0. The van der Waals surface area contributed by atoms with Crippen LogP contribution in [0.3, 0.4) is 0 Å². The molecular weight excluding hydrogens is 208 g/mol. The molecule has 0 aliphatic carbocycles. The van der Waals surface area contributed by atoms with Gasteiger partial charge in [-0.25, -0.2) is 9.97 Å². The topological polar surface area (TPSA) is 55.0 Å². The Kier molecular flexibility index (Phi) is 3.96. The Balaban J connectivity index is 3.03. The first-order valence-corrected chi connectivity index (χ1v) is 5.36. The summed E-state index contributed by atoms with van der Waals surface area (Å²) >= 11 is 4.88. The molecular formula is C10H16N4S. The van der Waals surface area contributed by atoms with E-state index in [9.17, 15) is 0 Å². The summed E-state index contributed by atoms with van der Waals surface area (Å²) in [6.07, 6.45) is 1.68. The zero-order chi connectivity index (χ0) is 11.4. The van der Waals surface area contributed by atoms with Crippen molar-refractivity contribution in [2.45, 2.75) is 26.8 Å². The predicted octanol–water partition coefficient (Wildman–Crippen LogP) is 1.35. The average molecular weight is 224 g/mol. The van der Waals surface area contributed by atoms with E-state index in [1.165, 1.54) is 0 Å². The van der Waals surface area contributed by atoms with E-state index in [0.29, 0.717) is 22.7 Å². The van der Waals surface area contributed by atoms with Gasteiger partial charge in [0.05, 0.1) is 0 Å². The van der Waals surface area contributed by atoms with Crippen molar-refractivity contribution < 1.29 is 0 Å². The van der Waals surface area contributed by atoms with Gasteiger partial charge in [-0.1, -0.05) is 12.2 Å². The number of nitrogens with zero attached hydrogens (tertiary/aromatic N) is 3. The van der Waals surface area contributed by atoms with Crippen molar-refractivity contribution in [2.75, 3.05) is 11.4 Å². The van der Waals surface area contributed by atoms with Crippen LogP contribution in [0.25, 0.3) is 0 Å². The molecule has 0 unspecified atom stereocenters. The second kappa shape index (κ2) is 5.02. The largest absolute Gasteiger partial charge is 0.388 e. The third kappa shape index (κ3) is 2.86. The van der Waals surface area contributed by atoms with E-state index in [-0.39, 0.29) is 0 Å². The Morgan fingerprint density at radius 2 is 2.27 bits per heavy atom. The molecule has 0 aliphatic rings. The van der Waals surface area contributed by atoms with Gasteiger partial charge in [-0.2, -0.15) is 0 Å². The Hall–Kier alpha value is -1.23. The number of anilines is 1. The fraction of sp³-hybridized carbons (Fsp3) is 0.500. The summed E-state index contributed by atoms with van der Waals surface area (Å²) in [6, 6.07) is 2.08. The van der Waals surface area contributed by atoms with Crippen molar-refractivity contribution in [3.8, 4) is 0 Å². The molecule has 1 aromatic heterocycles. The SMILES string of the molecule is CCN(c1nccc(C(N)=S)n1)C(C)C. The van der Waals surface area contributed by atoms with Crippen molar-refractivity contribution in [3.05, 3.63) is 18.0 Å². The van der Waals surface area contributed by atoms with Crippen LogP contribution < -0.4 is 10.6 Å². The maximum atomic E-state index is 5.52. The van der Waals surface area contributed by atoms with Crippen LogP contribution in [0, 0.1) is 0 Å². The smallest absolute Gasteiger partial charge is 0.226 e. The molecule has 0 fully saturated rings. The third-order valence-corrected chi connectivity index (χ3v) is 2.33. The first-order valence-electron chi connectivity index (χ1n) is 4.95. The highest BCUT2D eigenvalue weighted by molar-refractivity contribution is 7.80. The number of rotatable bonds is 4. The van der Waals surface area contributed by atoms with Crippen LogP contribution in [0.15, 0.2) is 12.3 Å². The van der Waals surface area contributed by atoms with Gasteiger partial charge in [0, 0.05) is 18.8 Å². The van der Waals surface area contributed by atoms with Crippen molar-refractivity contribution in [1.82, 2.24) is 9.97 Å². The molecule has 15 heavy (non-hydrogen) atoms. The highest BCUT2D eigenvalue weighted by Gasteiger charge is 2.11. The van der Waals surface area contributed by atoms with E-state index >= 15 is 0 Å². The Morgan fingerprint density at radius 3 is 2.73 bits per heavy atom. The van der Waals surface area contributed by atoms with Gasteiger partial charge in [-0.05, 0) is 26.8 Å². The third-order valence-electron chi connectivity index (χ3n) is 2.12. The van der Waals surface area contributed by atoms with Crippen LogP contribution in [-0.4, -0.2) is 27.5 Å². The molecule has 0 aliphatic heterocycles. The molecule has 0 spiro atoms. The molecule has 2 N–H and O–H groups in total. The number of hydrogen-bond donors (Lipinski definition) is 1. The Bertz CT molecular complexity index is 351. The van der Waals surface area contributed by atoms with Crippen LogP contribution in [-0.2, 0) is 0 Å². The lowest BCUT2D eigenvalue weighted by Gasteiger charge is -2.25. The molecule has 82 valence electrons. The summed E-state index contributed by atoms with van der Waals surface area (Å²) in [7, 11) is 0. The van der Waals surface area contributed by atoms with Gasteiger partial charge in [0.1, 0.15) is 10.7 Å². The monoisotopic (exact) mass is 224 g/mol. The van der Waals surface area contributed by atoms with Gasteiger partial charge in [0.15, 0.2) is 0 Å². The number of aromatic nitrogens is 2. The first kappa shape index (κ1) is 11.8. The molecule has 5 heteroatoms. The van der Waals surface area contributed by atoms with Crippen LogP contribution in [0.1, 0.15) is 26.5 Å². The molecule has 0 saturated heterocycles. The van der Waals surface area contributed by atoms with E-state index in [1.54, 1.807) is 12.3 Å². The van der Waals surface area contributed by atoms with Gasteiger partial charge in [0.25, 0.3) is 0 Å². The van der Waals surface area contributed by atoms with Crippen LogP contribution in [0.4, 0.5) is 5.95 Å². The summed E-state index contributed by atoms with van der Waals surface area (Å²) in [5, 5.41) is 0. The zero-order valence-corrected chi connectivity index (χ0v) is 10.1. The van der Waals surface area contributed by atoms with Crippen LogP contribution in [0.5, 0.6) is 0 Å². The quantitative estimate of drug-likeness (QED) is 0.782. The number of thiocarbonyl (C=S) groups is 1. The maximum Gasteiger partial charge on any atom is 0.226 e. The van der Waals surface area contributed by atoms with E-state index in [2.05, 4.69) is 35.6 Å². The molecule has 0 aromatic carbocycles. The van der Waals surface area contributed by atoms with Gasteiger partial charge in [-0.3, -0.25) is 0 Å². The average Bonchev–Trinajstić information content (AvgIpc) is 2.18. The minimum absolute atomic E-state index is 0.304. The van der Waals surface area contributed by atoms with Gasteiger partial charge in [-0.15, -0.1) is 0 Å². The molecule has 0 amide bonds. The second-order valence-electron chi connectivity index (χ2n) is 3.49. The normalized spacial score (nSPS) is 10.4. The van der Waals surface area contributed by atoms with Crippen molar-refractivity contribution in [2.24, 2.45) is 5.73 Å². The molecule has 0 atom stereocenters. The highest BCUT2D eigenvalue weighted by Crippen LogP contribution is 2.10. The molecule has 0 radical (unpaired) electrons. The summed E-state index contributed by atoms with van der Waals surface area (Å²) in [5.74, 6) is 0.679. The lowest BCUT2D eigenvalue weighted by molar-refractivity contribution is 0.680. The molecule has 0 saturated carbocycles. The Morgan fingerprint density at radius 1 is 1.60 bits per heavy atom. The first-order chi connectivity index (χ1) is 7.06. The summed E-state index contributed by atoms with van der Waals surface area (Å²) in [6.45, 7) is 7.12. The maximum absolute atomic E-state index is 5.52. The van der Waals surface area contributed by atoms with Gasteiger partial charge >= 0.3 is 0 Å². The van der Waals surface area contributed by atoms with Crippen molar-refractivity contribution in [3.63, 3.8) is 0 Å². The van der Waals surface area contributed by atoms with Crippen molar-refractivity contribution >= 4 is 23.2 Å². The molecule has 1 heterocycles.